The van der Waals surface area contributed by atoms with E-state index in [0.717, 1.165) is 6.42 Å². The molecule has 67 valence electrons. The highest BCUT2D eigenvalue weighted by Crippen LogP contribution is 2.09. The van der Waals surface area contributed by atoms with Gasteiger partial charge in [-0.3, -0.25) is 4.55 Å². The van der Waals surface area contributed by atoms with Crippen molar-refractivity contribution >= 4 is 10.1 Å². The average molecular weight is 183 g/mol. The maximum atomic E-state index is 10.1. The fourth-order valence-corrected chi connectivity index (χ4v) is 0.861. The topological polar surface area (TPSA) is 94.8 Å². The second kappa shape index (κ2) is 3.48. The van der Waals surface area contributed by atoms with Crippen molar-refractivity contribution in [1.29, 1.82) is 0 Å². The van der Waals surface area contributed by atoms with Gasteiger partial charge < -0.3 is 10.2 Å². The highest BCUT2D eigenvalue weighted by molar-refractivity contribution is 7.85. The van der Waals surface area contributed by atoms with Crippen LogP contribution in [0.5, 0.6) is 0 Å². The maximum absolute atomic E-state index is 10.1. The lowest BCUT2D eigenvalue weighted by atomic mass is 10.2. The Morgan fingerprint density at radius 1 is 1.45 bits per heavy atom. The molecule has 0 aromatic rings. The van der Waals surface area contributed by atoms with Crippen molar-refractivity contribution in [2.45, 2.75) is 19.1 Å². The molecule has 11 heavy (non-hydrogen) atoms. The Morgan fingerprint density at radius 3 is 2.18 bits per heavy atom. The van der Waals surface area contributed by atoms with Crippen LogP contribution in [0.2, 0.25) is 0 Å². The van der Waals surface area contributed by atoms with Gasteiger partial charge >= 0.3 is 0 Å². The summed E-state index contributed by atoms with van der Waals surface area (Å²) in [6.45, 7) is 1.47. The van der Waals surface area contributed by atoms with Crippen LogP contribution in [0.1, 0.15) is 13.3 Å². The van der Waals surface area contributed by atoms with Gasteiger partial charge in [0.15, 0.2) is 5.79 Å². The molecule has 0 fully saturated rings. The van der Waals surface area contributed by atoms with Crippen LogP contribution >= 0.6 is 0 Å². The van der Waals surface area contributed by atoms with Crippen LogP contribution in [0.3, 0.4) is 0 Å². The highest BCUT2D eigenvalue weighted by Gasteiger charge is 2.23. The Labute approximate surface area is 65.4 Å². The van der Waals surface area contributed by atoms with Crippen LogP contribution in [0, 0.1) is 6.42 Å². The third kappa shape index (κ3) is 6.24. The van der Waals surface area contributed by atoms with Crippen molar-refractivity contribution in [1.82, 2.24) is 0 Å². The summed E-state index contributed by atoms with van der Waals surface area (Å²) in [6, 6.07) is 0. The van der Waals surface area contributed by atoms with Crippen LogP contribution < -0.4 is 0 Å². The number of rotatable bonds is 4. The quantitative estimate of drug-likeness (QED) is 0.390. The number of hydrogen-bond acceptors (Lipinski definition) is 4. The first-order valence-electron chi connectivity index (χ1n) is 3.01. The minimum atomic E-state index is -4.14. The Kier molecular flexibility index (Phi) is 3.43. The van der Waals surface area contributed by atoms with Gasteiger partial charge in [-0.05, 0) is 6.42 Å². The monoisotopic (exact) mass is 183 g/mol. The van der Waals surface area contributed by atoms with Crippen molar-refractivity contribution in [2.75, 3.05) is 5.75 Å². The Balaban J connectivity index is 3.90. The smallest absolute Gasteiger partial charge is 0.265 e. The first-order chi connectivity index (χ1) is 4.77. The predicted octanol–water partition coefficient (Wildman–Crippen LogP) is -0.831. The van der Waals surface area contributed by atoms with E-state index in [1.165, 1.54) is 6.92 Å². The zero-order chi connectivity index (χ0) is 9.12. The van der Waals surface area contributed by atoms with E-state index < -0.39 is 21.7 Å². The molecule has 1 radical (unpaired) electrons. The molecule has 0 aromatic carbocycles. The summed E-state index contributed by atoms with van der Waals surface area (Å²) in [5, 5.41) is 17.6. The molecule has 0 rings (SSSR count). The molecule has 0 aliphatic rings. The van der Waals surface area contributed by atoms with Crippen molar-refractivity contribution in [2.24, 2.45) is 0 Å². The van der Waals surface area contributed by atoms with Crippen molar-refractivity contribution in [3.8, 4) is 0 Å². The molecule has 0 saturated heterocycles. The van der Waals surface area contributed by atoms with E-state index in [2.05, 4.69) is 0 Å². The molecule has 0 aliphatic carbocycles. The summed E-state index contributed by atoms with van der Waals surface area (Å²) in [5.74, 6) is -2.87. The first-order valence-corrected chi connectivity index (χ1v) is 4.62. The molecule has 0 bridgehead atoms. The molecule has 0 aliphatic heterocycles. The maximum Gasteiger partial charge on any atom is 0.265 e. The predicted molar refractivity (Wildman–Crippen MR) is 38.2 cm³/mol. The van der Waals surface area contributed by atoms with Gasteiger partial charge in [-0.2, -0.15) is 8.42 Å². The van der Waals surface area contributed by atoms with Crippen LogP contribution in [-0.4, -0.2) is 34.7 Å². The summed E-state index contributed by atoms with van der Waals surface area (Å²) in [7, 11) is -4.14. The Hall–Kier alpha value is -0.170. The Bertz CT molecular complexity index is 205. The molecule has 3 N–H and O–H groups in total. The average Bonchev–Trinajstić information content (AvgIpc) is 1.83. The number of aliphatic hydroxyl groups is 2. The van der Waals surface area contributed by atoms with Gasteiger partial charge in [-0.25, -0.2) is 0 Å². The number of hydrogen-bond donors (Lipinski definition) is 3. The second-order valence-electron chi connectivity index (χ2n) is 2.18. The zero-order valence-corrected chi connectivity index (χ0v) is 6.87. The molecule has 0 unspecified atom stereocenters. The summed E-state index contributed by atoms with van der Waals surface area (Å²) >= 11 is 0. The fraction of sp³-hybridized carbons (Fsp3) is 0.800. The van der Waals surface area contributed by atoms with Gasteiger partial charge in [0, 0.05) is 6.42 Å². The lowest BCUT2D eigenvalue weighted by molar-refractivity contribution is -0.132. The molecular formula is C5H11O5S. The van der Waals surface area contributed by atoms with Gasteiger partial charge in [0.2, 0.25) is 0 Å². The summed E-state index contributed by atoms with van der Waals surface area (Å²) in [4.78, 5) is 0. The third-order valence-electron chi connectivity index (χ3n) is 1.14. The lowest BCUT2D eigenvalue weighted by Gasteiger charge is -2.17. The van der Waals surface area contributed by atoms with Crippen LogP contribution in [0.25, 0.3) is 0 Å². The zero-order valence-electron chi connectivity index (χ0n) is 6.06. The minimum Gasteiger partial charge on any atom is -0.365 e. The molecule has 0 spiro atoms. The van der Waals surface area contributed by atoms with Gasteiger partial charge in [-0.1, -0.05) is 6.92 Å². The molecule has 0 heterocycles. The normalized spacial score (nSPS) is 13.5. The van der Waals surface area contributed by atoms with E-state index in [0.29, 0.717) is 0 Å². The molecular weight excluding hydrogens is 172 g/mol. The summed E-state index contributed by atoms with van der Waals surface area (Å²) in [5.41, 5.74) is 0. The molecule has 0 aromatic heterocycles. The van der Waals surface area contributed by atoms with E-state index in [9.17, 15) is 8.42 Å². The van der Waals surface area contributed by atoms with Crippen molar-refractivity contribution in [3.05, 3.63) is 6.42 Å². The lowest BCUT2D eigenvalue weighted by Crippen LogP contribution is -2.30. The third-order valence-corrected chi connectivity index (χ3v) is 1.73. The van der Waals surface area contributed by atoms with E-state index in [1.54, 1.807) is 0 Å². The SMILES string of the molecule is CCC(O)(O)[CH]CS(=O)(=O)O. The highest BCUT2D eigenvalue weighted by atomic mass is 32.2. The van der Waals surface area contributed by atoms with Crippen LogP contribution in [0.15, 0.2) is 0 Å². The second-order valence-corrected chi connectivity index (χ2v) is 3.68. The van der Waals surface area contributed by atoms with E-state index in [4.69, 9.17) is 14.8 Å². The largest absolute Gasteiger partial charge is 0.365 e. The summed E-state index contributed by atoms with van der Waals surface area (Å²) in [6.07, 6.45) is 0.699. The van der Waals surface area contributed by atoms with E-state index >= 15 is 0 Å². The van der Waals surface area contributed by atoms with Gasteiger partial charge in [0.1, 0.15) is 0 Å². The van der Waals surface area contributed by atoms with Crippen LogP contribution in [0.4, 0.5) is 0 Å². The Morgan fingerprint density at radius 2 is 1.91 bits per heavy atom. The van der Waals surface area contributed by atoms with E-state index in [-0.39, 0.29) is 6.42 Å². The minimum absolute atomic E-state index is 0.0253. The van der Waals surface area contributed by atoms with Gasteiger partial charge in [0.05, 0.1) is 5.75 Å². The van der Waals surface area contributed by atoms with Crippen molar-refractivity contribution in [3.63, 3.8) is 0 Å². The van der Waals surface area contributed by atoms with Gasteiger partial charge in [-0.15, -0.1) is 0 Å². The molecule has 5 nitrogen and oxygen atoms in total. The van der Waals surface area contributed by atoms with E-state index in [1.807, 2.05) is 0 Å². The molecule has 0 amide bonds. The first kappa shape index (κ1) is 10.8. The van der Waals surface area contributed by atoms with Gasteiger partial charge in [0.25, 0.3) is 10.1 Å². The van der Waals surface area contributed by atoms with Crippen LogP contribution in [-0.2, 0) is 10.1 Å². The fourth-order valence-electron chi connectivity index (χ4n) is 0.383. The standard InChI is InChI=1S/C5H11O5S/c1-2-5(6,7)3-4-11(8,9)10/h3,6-7H,2,4H2,1H3,(H,8,9,10). The molecule has 6 heteroatoms. The molecule has 0 saturated carbocycles. The van der Waals surface area contributed by atoms with Crippen molar-refractivity contribution < 1.29 is 23.2 Å². The summed E-state index contributed by atoms with van der Waals surface area (Å²) < 4.78 is 28.4. The molecule has 0 atom stereocenters.